The van der Waals surface area contributed by atoms with Crippen molar-refractivity contribution in [3.05, 3.63) is 91.7 Å². The van der Waals surface area contributed by atoms with Crippen molar-refractivity contribution in [2.24, 2.45) is 0 Å². The number of aryl methyl sites for hydroxylation is 1. The van der Waals surface area contributed by atoms with Crippen molar-refractivity contribution >= 4 is 33.1 Å². The van der Waals surface area contributed by atoms with Gasteiger partial charge in [-0.2, -0.15) is 5.26 Å². The highest BCUT2D eigenvalue weighted by Gasteiger charge is 2.18. The van der Waals surface area contributed by atoms with Gasteiger partial charge in [-0.15, -0.1) is 11.3 Å². The van der Waals surface area contributed by atoms with Crippen LogP contribution in [-0.4, -0.2) is 15.0 Å². The topological polar surface area (TPSA) is 96.9 Å². The van der Waals surface area contributed by atoms with Crippen molar-refractivity contribution in [2.45, 2.75) is 13.5 Å². The third kappa shape index (κ3) is 3.76. The minimum atomic E-state index is -0.706. The van der Waals surface area contributed by atoms with Gasteiger partial charge in [0.25, 0.3) is 5.56 Å². The van der Waals surface area contributed by atoms with Gasteiger partial charge in [0.1, 0.15) is 17.1 Å². The molecule has 2 heterocycles. The van der Waals surface area contributed by atoms with Crippen LogP contribution < -0.4 is 16.6 Å². The van der Waals surface area contributed by atoms with E-state index in [-0.39, 0.29) is 17.8 Å². The van der Waals surface area contributed by atoms with Gasteiger partial charge in [-0.1, -0.05) is 6.07 Å². The summed E-state index contributed by atoms with van der Waals surface area (Å²) in [4.78, 5) is 38.8. The monoisotopic (exact) mass is 434 g/mol. The molecule has 0 bridgehead atoms. The number of fused-ring (bicyclic) bond motifs is 1. The smallest absolute Gasteiger partial charge is 0.324 e. The number of thiophene rings is 1. The van der Waals surface area contributed by atoms with Crippen molar-refractivity contribution in [1.29, 1.82) is 5.26 Å². The Morgan fingerprint density at radius 2 is 2.00 bits per heavy atom. The largest absolute Gasteiger partial charge is 0.336 e. The zero-order chi connectivity index (χ0) is 22.1. The standard InChI is InChI=1S/C22H15FN4O3S/c1-13-9-16(5-6-17(13)23)27-21(29)20-18(7-8-31-20)26(22(27)30)12-19(28)25-15-4-2-3-14(10-15)11-24/h2-10H,12H2,1H3,(H,25,28). The molecule has 0 aliphatic rings. The van der Waals surface area contributed by atoms with Gasteiger partial charge in [0.15, 0.2) is 0 Å². The first kappa shape index (κ1) is 20.3. The minimum Gasteiger partial charge on any atom is -0.324 e. The molecule has 4 aromatic rings. The first-order valence-electron chi connectivity index (χ1n) is 9.18. The molecule has 7 nitrogen and oxygen atoms in total. The summed E-state index contributed by atoms with van der Waals surface area (Å²) in [6.45, 7) is 1.19. The Kier molecular flexibility index (Phi) is 5.23. The van der Waals surface area contributed by atoms with E-state index in [0.717, 1.165) is 15.9 Å². The van der Waals surface area contributed by atoms with E-state index < -0.39 is 23.0 Å². The number of nitriles is 1. The minimum absolute atomic E-state index is 0.222. The summed E-state index contributed by atoms with van der Waals surface area (Å²) in [5.74, 6) is -0.946. The summed E-state index contributed by atoms with van der Waals surface area (Å²) in [6, 6.07) is 13.9. The molecule has 0 atom stereocenters. The van der Waals surface area contributed by atoms with Gasteiger partial charge in [0.2, 0.25) is 5.91 Å². The average molecular weight is 434 g/mol. The quantitative estimate of drug-likeness (QED) is 0.534. The van der Waals surface area contributed by atoms with E-state index in [1.807, 2.05) is 6.07 Å². The first-order valence-corrected chi connectivity index (χ1v) is 10.1. The van der Waals surface area contributed by atoms with Crippen LogP contribution in [0.2, 0.25) is 0 Å². The van der Waals surface area contributed by atoms with Crippen LogP contribution in [0.1, 0.15) is 11.1 Å². The number of nitrogens with one attached hydrogen (secondary N) is 1. The highest BCUT2D eigenvalue weighted by molar-refractivity contribution is 7.17. The zero-order valence-electron chi connectivity index (χ0n) is 16.3. The van der Waals surface area contributed by atoms with Crippen LogP contribution >= 0.6 is 11.3 Å². The number of nitrogens with zero attached hydrogens (tertiary/aromatic N) is 3. The second-order valence-corrected chi connectivity index (χ2v) is 7.73. The van der Waals surface area contributed by atoms with Crippen LogP contribution in [0.3, 0.4) is 0 Å². The van der Waals surface area contributed by atoms with Gasteiger partial charge in [0, 0.05) is 5.69 Å². The number of rotatable bonds is 4. The van der Waals surface area contributed by atoms with E-state index in [1.165, 1.54) is 35.8 Å². The predicted octanol–water partition coefficient (Wildman–Crippen LogP) is 3.17. The molecule has 0 saturated heterocycles. The maximum atomic E-state index is 13.7. The van der Waals surface area contributed by atoms with Crippen molar-refractivity contribution in [1.82, 2.24) is 9.13 Å². The Morgan fingerprint density at radius 3 is 2.74 bits per heavy atom. The Balaban J connectivity index is 1.79. The molecule has 0 saturated carbocycles. The SMILES string of the molecule is Cc1cc(-n2c(=O)c3sccc3n(CC(=O)Nc3cccc(C#N)c3)c2=O)ccc1F. The third-order valence-electron chi connectivity index (χ3n) is 4.73. The summed E-state index contributed by atoms with van der Waals surface area (Å²) in [5.41, 5.74) is 0.423. The van der Waals surface area contributed by atoms with Crippen molar-refractivity contribution in [3.63, 3.8) is 0 Å². The van der Waals surface area contributed by atoms with Crippen molar-refractivity contribution in [3.8, 4) is 11.8 Å². The van der Waals surface area contributed by atoms with Gasteiger partial charge < -0.3 is 5.32 Å². The number of hydrogen-bond donors (Lipinski definition) is 1. The van der Waals surface area contributed by atoms with Gasteiger partial charge >= 0.3 is 5.69 Å². The molecule has 0 radical (unpaired) electrons. The number of anilines is 1. The average Bonchev–Trinajstić information content (AvgIpc) is 3.24. The van der Waals surface area contributed by atoms with Crippen molar-refractivity contribution in [2.75, 3.05) is 5.32 Å². The fourth-order valence-electron chi connectivity index (χ4n) is 3.25. The van der Waals surface area contributed by atoms with Crippen LogP contribution in [0.4, 0.5) is 10.1 Å². The van der Waals surface area contributed by atoms with Crippen molar-refractivity contribution < 1.29 is 9.18 Å². The predicted molar refractivity (Wildman–Crippen MR) is 116 cm³/mol. The Bertz CT molecular complexity index is 1490. The van der Waals surface area contributed by atoms with Crippen LogP contribution in [0.5, 0.6) is 0 Å². The first-order chi connectivity index (χ1) is 14.9. The van der Waals surface area contributed by atoms with Crippen LogP contribution in [0.15, 0.2) is 63.5 Å². The van der Waals surface area contributed by atoms with Crippen LogP contribution in [-0.2, 0) is 11.3 Å². The molecular formula is C22H15FN4O3S. The molecule has 9 heteroatoms. The van der Waals surface area contributed by atoms with Gasteiger partial charge in [-0.05, 0) is 60.3 Å². The number of carbonyl (C=O) groups excluding carboxylic acids is 1. The van der Waals surface area contributed by atoms with Gasteiger partial charge in [-0.3, -0.25) is 14.2 Å². The lowest BCUT2D eigenvalue weighted by atomic mass is 10.2. The van der Waals surface area contributed by atoms with E-state index >= 15 is 0 Å². The number of hydrogen-bond acceptors (Lipinski definition) is 5. The maximum absolute atomic E-state index is 13.7. The van der Waals surface area contributed by atoms with E-state index in [9.17, 15) is 18.8 Å². The molecule has 31 heavy (non-hydrogen) atoms. The molecule has 0 unspecified atom stereocenters. The second-order valence-electron chi connectivity index (χ2n) is 6.82. The van der Waals surface area contributed by atoms with E-state index in [1.54, 1.807) is 29.6 Å². The summed E-state index contributed by atoms with van der Waals surface area (Å²) >= 11 is 1.15. The molecule has 0 spiro atoms. The highest BCUT2D eigenvalue weighted by atomic mass is 32.1. The molecule has 154 valence electrons. The number of carbonyl (C=O) groups is 1. The van der Waals surface area contributed by atoms with Crippen LogP contribution in [0, 0.1) is 24.1 Å². The maximum Gasteiger partial charge on any atom is 0.336 e. The second kappa shape index (κ2) is 8.01. The van der Waals surface area contributed by atoms with Crippen LogP contribution in [0.25, 0.3) is 15.9 Å². The Labute approximate surface area is 179 Å². The normalized spacial score (nSPS) is 10.7. The molecule has 0 aliphatic heterocycles. The van der Waals surface area contributed by atoms with Gasteiger partial charge in [-0.25, -0.2) is 13.8 Å². The van der Waals surface area contributed by atoms with Gasteiger partial charge in [0.05, 0.1) is 22.8 Å². The lowest BCUT2D eigenvalue weighted by Gasteiger charge is -2.13. The van der Waals surface area contributed by atoms with E-state index in [4.69, 9.17) is 5.26 Å². The molecule has 0 fully saturated rings. The molecule has 0 aliphatic carbocycles. The number of halogens is 1. The molecular weight excluding hydrogens is 419 g/mol. The van der Waals surface area contributed by atoms with E-state index in [2.05, 4.69) is 5.32 Å². The molecule has 2 aromatic carbocycles. The summed E-state index contributed by atoms with van der Waals surface area (Å²) in [7, 11) is 0. The highest BCUT2D eigenvalue weighted by Crippen LogP contribution is 2.18. The van der Waals surface area contributed by atoms with E-state index in [0.29, 0.717) is 21.5 Å². The Hall–Kier alpha value is -4.03. The number of amides is 1. The molecule has 4 rings (SSSR count). The lowest BCUT2D eigenvalue weighted by Crippen LogP contribution is -2.40. The fraction of sp³-hybridized carbons (Fsp3) is 0.0909. The molecule has 1 N–H and O–H groups in total. The summed E-state index contributed by atoms with van der Waals surface area (Å²) in [6.07, 6.45) is 0. The zero-order valence-corrected chi connectivity index (χ0v) is 17.1. The summed E-state index contributed by atoms with van der Waals surface area (Å²) < 4.78 is 16.1. The summed E-state index contributed by atoms with van der Waals surface area (Å²) in [5, 5.41) is 13.3. The number of aromatic nitrogens is 2. The lowest BCUT2D eigenvalue weighted by molar-refractivity contribution is -0.116. The number of benzene rings is 2. The fourth-order valence-corrected chi connectivity index (χ4v) is 4.07. The third-order valence-corrected chi connectivity index (χ3v) is 5.62. The Morgan fingerprint density at radius 1 is 1.19 bits per heavy atom. The molecule has 2 aromatic heterocycles. The molecule has 1 amide bonds.